The van der Waals surface area contributed by atoms with E-state index in [9.17, 15) is 0 Å². The highest BCUT2D eigenvalue weighted by Gasteiger charge is 2.15. The molecule has 1 N–H and O–H groups in total. The van der Waals surface area contributed by atoms with E-state index in [2.05, 4.69) is 58.3 Å². The normalized spacial score (nSPS) is 16.6. The average molecular weight is 353 g/mol. The van der Waals surface area contributed by atoms with Gasteiger partial charge in [-0.2, -0.15) is 0 Å². The Labute approximate surface area is 138 Å². The van der Waals surface area contributed by atoms with Crippen LogP contribution in [-0.2, 0) is 13.1 Å². The van der Waals surface area contributed by atoms with E-state index in [1.54, 1.807) is 0 Å². The van der Waals surface area contributed by atoms with E-state index in [-0.39, 0.29) is 0 Å². The SMILES string of the molecule is CCNCc1ccc(CN(C)CC2CCCCC2)c(Br)c1. The fourth-order valence-electron chi connectivity index (χ4n) is 3.26. The van der Waals surface area contributed by atoms with Crippen LogP contribution in [0, 0.1) is 5.92 Å². The minimum Gasteiger partial charge on any atom is -0.313 e. The molecule has 0 saturated heterocycles. The van der Waals surface area contributed by atoms with Gasteiger partial charge in [0, 0.05) is 24.1 Å². The number of hydrogen-bond acceptors (Lipinski definition) is 2. The van der Waals surface area contributed by atoms with Gasteiger partial charge < -0.3 is 10.2 Å². The molecule has 2 nitrogen and oxygen atoms in total. The Hall–Kier alpha value is -0.380. The third-order valence-electron chi connectivity index (χ3n) is 4.43. The monoisotopic (exact) mass is 352 g/mol. The van der Waals surface area contributed by atoms with E-state index in [1.807, 2.05) is 0 Å². The molecule has 0 heterocycles. The van der Waals surface area contributed by atoms with Crippen LogP contribution in [0.5, 0.6) is 0 Å². The second-order valence-electron chi connectivity index (χ2n) is 6.41. The Balaban J connectivity index is 1.86. The van der Waals surface area contributed by atoms with Gasteiger partial charge in [-0.3, -0.25) is 0 Å². The molecule has 1 aliphatic rings. The molecule has 1 aliphatic carbocycles. The molecule has 3 heteroatoms. The smallest absolute Gasteiger partial charge is 0.0242 e. The third kappa shape index (κ3) is 5.72. The van der Waals surface area contributed by atoms with Crippen molar-refractivity contribution in [2.24, 2.45) is 5.92 Å². The number of nitrogens with one attached hydrogen (secondary N) is 1. The van der Waals surface area contributed by atoms with E-state index in [0.29, 0.717) is 0 Å². The predicted molar refractivity (Wildman–Crippen MR) is 94.4 cm³/mol. The van der Waals surface area contributed by atoms with Gasteiger partial charge in [0.1, 0.15) is 0 Å². The molecule has 1 fully saturated rings. The van der Waals surface area contributed by atoms with E-state index in [1.165, 1.54) is 54.2 Å². The summed E-state index contributed by atoms with van der Waals surface area (Å²) in [4.78, 5) is 2.49. The van der Waals surface area contributed by atoms with Crippen LogP contribution in [0.3, 0.4) is 0 Å². The number of hydrogen-bond donors (Lipinski definition) is 1. The van der Waals surface area contributed by atoms with E-state index in [4.69, 9.17) is 0 Å². The highest BCUT2D eigenvalue weighted by atomic mass is 79.9. The summed E-state index contributed by atoms with van der Waals surface area (Å²) in [7, 11) is 2.26. The lowest BCUT2D eigenvalue weighted by molar-refractivity contribution is 0.228. The molecule has 0 aromatic heterocycles. The zero-order chi connectivity index (χ0) is 15.1. The third-order valence-corrected chi connectivity index (χ3v) is 5.17. The van der Waals surface area contributed by atoms with Crippen LogP contribution in [0.15, 0.2) is 22.7 Å². The van der Waals surface area contributed by atoms with Gasteiger partial charge in [-0.15, -0.1) is 0 Å². The summed E-state index contributed by atoms with van der Waals surface area (Å²) in [6, 6.07) is 6.78. The van der Waals surface area contributed by atoms with Crippen molar-refractivity contribution < 1.29 is 0 Å². The first-order valence-electron chi connectivity index (χ1n) is 8.35. The van der Waals surface area contributed by atoms with E-state index >= 15 is 0 Å². The molecular formula is C18H29BrN2. The molecule has 2 rings (SSSR count). The molecule has 21 heavy (non-hydrogen) atoms. The predicted octanol–water partition coefficient (Wildman–Crippen LogP) is 4.57. The van der Waals surface area contributed by atoms with Gasteiger partial charge in [0.25, 0.3) is 0 Å². The van der Waals surface area contributed by atoms with E-state index in [0.717, 1.165) is 25.6 Å². The van der Waals surface area contributed by atoms with Crippen molar-refractivity contribution >= 4 is 15.9 Å². The first-order chi connectivity index (χ1) is 10.2. The van der Waals surface area contributed by atoms with Crippen molar-refractivity contribution in [1.82, 2.24) is 10.2 Å². The Kier molecular flexibility index (Phi) is 7.21. The molecule has 1 aromatic rings. The summed E-state index contributed by atoms with van der Waals surface area (Å²) < 4.78 is 1.24. The minimum atomic E-state index is 0.913. The van der Waals surface area contributed by atoms with Crippen LogP contribution < -0.4 is 5.32 Å². The highest BCUT2D eigenvalue weighted by molar-refractivity contribution is 9.10. The lowest BCUT2D eigenvalue weighted by Gasteiger charge is -2.27. The molecule has 118 valence electrons. The fraction of sp³-hybridized carbons (Fsp3) is 0.667. The van der Waals surface area contributed by atoms with Crippen molar-refractivity contribution in [3.63, 3.8) is 0 Å². The van der Waals surface area contributed by atoms with Crippen molar-refractivity contribution in [3.8, 4) is 0 Å². The standard InChI is InChI=1S/C18H29BrN2/c1-3-20-12-16-9-10-17(18(19)11-16)14-21(2)13-15-7-5-4-6-8-15/h9-11,15,20H,3-8,12-14H2,1-2H3. The van der Waals surface area contributed by atoms with Gasteiger partial charge in [0.05, 0.1) is 0 Å². The summed E-state index contributed by atoms with van der Waals surface area (Å²) in [5.74, 6) is 0.913. The van der Waals surface area contributed by atoms with Crippen LogP contribution in [0.1, 0.15) is 50.2 Å². The van der Waals surface area contributed by atoms with E-state index < -0.39 is 0 Å². The molecule has 0 aliphatic heterocycles. The molecule has 1 aromatic carbocycles. The van der Waals surface area contributed by atoms with Crippen LogP contribution >= 0.6 is 15.9 Å². The van der Waals surface area contributed by atoms with Crippen LogP contribution in [0.4, 0.5) is 0 Å². The topological polar surface area (TPSA) is 15.3 Å². The number of halogens is 1. The van der Waals surface area contributed by atoms with Gasteiger partial charge >= 0.3 is 0 Å². The van der Waals surface area contributed by atoms with Gasteiger partial charge in [-0.25, -0.2) is 0 Å². The second kappa shape index (κ2) is 8.92. The molecule has 0 atom stereocenters. The number of benzene rings is 1. The molecule has 0 radical (unpaired) electrons. The molecule has 0 amide bonds. The van der Waals surface area contributed by atoms with Crippen molar-refractivity contribution in [1.29, 1.82) is 0 Å². The highest BCUT2D eigenvalue weighted by Crippen LogP contribution is 2.25. The summed E-state index contributed by atoms with van der Waals surface area (Å²) in [6.45, 7) is 6.39. The number of rotatable bonds is 7. The average Bonchev–Trinajstić information content (AvgIpc) is 2.48. The van der Waals surface area contributed by atoms with Crippen LogP contribution in [0.2, 0.25) is 0 Å². The summed E-state index contributed by atoms with van der Waals surface area (Å²) in [5, 5.41) is 3.37. The number of nitrogens with zero attached hydrogens (tertiary/aromatic N) is 1. The van der Waals surface area contributed by atoms with Gasteiger partial charge in [0.2, 0.25) is 0 Å². The van der Waals surface area contributed by atoms with Gasteiger partial charge in [0.15, 0.2) is 0 Å². The van der Waals surface area contributed by atoms with Crippen molar-refractivity contribution in [2.75, 3.05) is 20.1 Å². The Morgan fingerprint density at radius 1 is 1.24 bits per heavy atom. The Morgan fingerprint density at radius 2 is 2.00 bits per heavy atom. The summed E-state index contributed by atoms with van der Waals surface area (Å²) >= 11 is 3.74. The lowest BCUT2D eigenvalue weighted by Crippen LogP contribution is -2.26. The molecule has 0 spiro atoms. The first-order valence-corrected chi connectivity index (χ1v) is 9.15. The molecule has 1 saturated carbocycles. The summed E-state index contributed by atoms with van der Waals surface area (Å²) in [6.07, 6.45) is 7.15. The summed E-state index contributed by atoms with van der Waals surface area (Å²) in [5.41, 5.74) is 2.75. The fourth-order valence-corrected chi connectivity index (χ4v) is 3.82. The zero-order valence-electron chi connectivity index (χ0n) is 13.5. The molecule has 0 unspecified atom stereocenters. The molecular weight excluding hydrogens is 324 g/mol. The van der Waals surface area contributed by atoms with Crippen LogP contribution in [0.25, 0.3) is 0 Å². The Bertz CT molecular complexity index is 427. The van der Waals surface area contributed by atoms with Crippen molar-refractivity contribution in [2.45, 2.75) is 52.1 Å². The first kappa shape index (κ1) is 17.0. The van der Waals surface area contributed by atoms with Crippen LogP contribution in [-0.4, -0.2) is 25.0 Å². The largest absolute Gasteiger partial charge is 0.313 e. The van der Waals surface area contributed by atoms with Crippen molar-refractivity contribution in [3.05, 3.63) is 33.8 Å². The Morgan fingerprint density at radius 3 is 2.67 bits per heavy atom. The maximum atomic E-state index is 3.74. The van der Waals surface area contributed by atoms with Gasteiger partial charge in [-0.1, -0.05) is 54.2 Å². The minimum absolute atomic E-state index is 0.913. The lowest BCUT2D eigenvalue weighted by atomic mass is 9.89. The van der Waals surface area contributed by atoms with Gasteiger partial charge in [-0.05, 0) is 49.5 Å². The maximum absolute atomic E-state index is 3.74. The zero-order valence-corrected chi connectivity index (χ0v) is 15.1. The molecule has 0 bridgehead atoms. The maximum Gasteiger partial charge on any atom is 0.0242 e. The second-order valence-corrected chi connectivity index (χ2v) is 7.26. The quantitative estimate of drug-likeness (QED) is 0.772.